The maximum atomic E-state index is 12.4. The average Bonchev–Trinajstić information content (AvgIpc) is 2.67. The van der Waals surface area contributed by atoms with Crippen molar-refractivity contribution >= 4 is 23.3 Å². The predicted molar refractivity (Wildman–Crippen MR) is 96.8 cm³/mol. The van der Waals surface area contributed by atoms with Gasteiger partial charge in [0.2, 0.25) is 11.8 Å². The molecule has 1 N–H and O–H groups in total. The van der Waals surface area contributed by atoms with Crippen LogP contribution in [0.5, 0.6) is 5.88 Å². The molecule has 0 saturated carbocycles. The van der Waals surface area contributed by atoms with Crippen LogP contribution >= 0.6 is 11.6 Å². The van der Waals surface area contributed by atoms with Crippen LogP contribution in [-0.4, -0.2) is 36.1 Å². The molecule has 0 spiro atoms. The zero-order valence-electron chi connectivity index (χ0n) is 14.1. The quantitative estimate of drug-likeness (QED) is 0.887. The van der Waals surface area contributed by atoms with Crippen molar-refractivity contribution < 1.29 is 9.53 Å². The fourth-order valence-electron chi connectivity index (χ4n) is 2.93. The number of amides is 1. The Morgan fingerprint density at radius 2 is 2.12 bits per heavy atom. The van der Waals surface area contributed by atoms with Gasteiger partial charge in [0.15, 0.2) is 0 Å². The third-order valence-electron chi connectivity index (χ3n) is 4.38. The van der Waals surface area contributed by atoms with Gasteiger partial charge in [0.1, 0.15) is 5.82 Å². The summed E-state index contributed by atoms with van der Waals surface area (Å²) < 4.78 is 5.10. The van der Waals surface area contributed by atoms with Crippen LogP contribution in [0.3, 0.4) is 0 Å². The number of halogens is 1. The van der Waals surface area contributed by atoms with Gasteiger partial charge in [-0.25, -0.2) is 9.97 Å². The van der Waals surface area contributed by atoms with E-state index in [1.807, 2.05) is 24.3 Å². The third kappa shape index (κ3) is 4.60. The molecule has 3 heterocycles. The highest BCUT2D eigenvalue weighted by molar-refractivity contribution is 6.30. The molecule has 6 nitrogen and oxygen atoms in total. The van der Waals surface area contributed by atoms with E-state index in [9.17, 15) is 4.79 Å². The number of carbonyl (C=O) groups excluding carboxylic acids is 1. The van der Waals surface area contributed by atoms with Crippen LogP contribution in [0.25, 0.3) is 0 Å². The summed E-state index contributed by atoms with van der Waals surface area (Å²) in [6.45, 7) is 2.11. The smallest absolute Gasteiger partial charge is 0.223 e. The molecule has 2 aromatic heterocycles. The Kier molecular flexibility index (Phi) is 5.71. The first-order valence-corrected chi connectivity index (χ1v) is 8.66. The van der Waals surface area contributed by atoms with Crippen LogP contribution in [-0.2, 0) is 11.3 Å². The number of ether oxygens (including phenoxy) is 1. The lowest BCUT2D eigenvalue weighted by atomic mass is 9.96. The first-order chi connectivity index (χ1) is 12.2. The molecule has 0 aromatic carbocycles. The zero-order valence-corrected chi connectivity index (χ0v) is 14.9. The summed E-state index contributed by atoms with van der Waals surface area (Å²) in [6, 6.07) is 7.46. The van der Waals surface area contributed by atoms with Crippen LogP contribution in [0.4, 0.5) is 5.82 Å². The summed E-state index contributed by atoms with van der Waals surface area (Å²) in [5.74, 6) is 1.59. The Labute approximate surface area is 152 Å². The molecule has 0 aliphatic carbocycles. The Morgan fingerprint density at radius 1 is 1.32 bits per heavy atom. The van der Waals surface area contributed by atoms with Crippen molar-refractivity contribution in [3.8, 4) is 5.88 Å². The van der Waals surface area contributed by atoms with E-state index in [0.29, 0.717) is 17.4 Å². The summed E-state index contributed by atoms with van der Waals surface area (Å²) in [5.41, 5.74) is 0.975. The number of hydrogen-bond acceptors (Lipinski definition) is 5. The van der Waals surface area contributed by atoms with E-state index >= 15 is 0 Å². The number of nitrogens with one attached hydrogen (secondary N) is 1. The lowest BCUT2D eigenvalue weighted by molar-refractivity contribution is -0.125. The Morgan fingerprint density at radius 3 is 2.80 bits per heavy atom. The Bertz CT molecular complexity index is 715. The lowest BCUT2D eigenvalue weighted by Crippen LogP contribution is -2.40. The van der Waals surface area contributed by atoms with E-state index < -0.39 is 0 Å². The van der Waals surface area contributed by atoms with E-state index in [2.05, 4.69) is 20.2 Å². The number of pyridine rings is 2. The highest BCUT2D eigenvalue weighted by atomic mass is 35.5. The Hall–Kier alpha value is -2.34. The van der Waals surface area contributed by atoms with Gasteiger partial charge in [-0.2, -0.15) is 0 Å². The maximum Gasteiger partial charge on any atom is 0.223 e. The number of aromatic nitrogens is 2. The minimum Gasteiger partial charge on any atom is -0.481 e. The predicted octanol–water partition coefficient (Wildman–Crippen LogP) is 2.67. The first-order valence-electron chi connectivity index (χ1n) is 8.29. The van der Waals surface area contributed by atoms with E-state index in [4.69, 9.17) is 16.3 Å². The number of anilines is 1. The second-order valence-electron chi connectivity index (χ2n) is 6.02. The summed E-state index contributed by atoms with van der Waals surface area (Å²) in [4.78, 5) is 23.0. The highest BCUT2D eigenvalue weighted by Crippen LogP contribution is 2.23. The number of piperidine rings is 1. The number of hydrogen-bond donors (Lipinski definition) is 1. The highest BCUT2D eigenvalue weighted by Gasteiger charge is 2.25. The second kappa shape index (κ2) is 8.16. The SMILES string of the molecule is COc1cc(CNC(=O)C2CCN(c3ccc(Cl)cn3)CC2)ccn1. The summed E-state index contributed by atoms with van der Waals surface area (Å²) in [5, 5.41) is 3.64. The standard InChI is InChI=1S/C18H21ClN4O2/c1-25-17-10-13(4-7-20-17)11-22-18(24)14-5-8-23(9-6-14)16-3-2-15(19)12-21-16/h2-4,7,10,12,14H,5-6,8-9,11H2,1H3,(H,22,24). The molecule has 0 unspecified atom stereocenters. The molecule has 7 heteroatoms. The van der Waals surface area contributed by atoms with Gasteiger partial charge in [0, 0.05) is 44.0 Å². The monoisotopic (exact) mass is 360 g/mol. The molecular formula is C18H21ClN4O2. The van der Waals surface area contributed by atoms with Gasteiger partial charge in [-0.15, -0.1) is 0 Å². The van der Waals surface area contributed by atoms with Gasteiger partial charge < -0.3 is 15.0 Å². The van der Waals surface area contributed by atoms with Crippen LogP contribution in [0.2, 0.25) is 5.02 Å². The number of rotatable bonds is 5. The summed E-state index contributed by atoms with van der Waals surface area (Å²) in [7, 11) is 1.58. The summed E-state index contributed by atoms with van der Waals surface area (Å²) in [6.07, 6.45) is 4.96. The Balaban J connectivity index is 1.48. The van der Waals surface area contributed by atoms with Gasteiger partial charge >= 0.3 is 0 Å². The number of nitrogens with zero attached hydrogens (tertiary/aromatic N) is 3. The van der Waals surface area contributed by atoms with E-state index in [-0.39, 0.29) is 11.8 Å². The molecule has 0 radical (unpaired) electrons. The van der Waals surface area contributed by atoms with Crippen molar-refractivity contribution in [2.45, 2.75) is 19.4 Å². The van der Waals surface area contributed by atoms with Crippen molar-refractivity contribution in [2.75, 3.05) is 25.1 Å². The van der Waals surface area contributed by atoms with Gasteiger partial charge in [-0.05, 0) is 36.6 Å². The topological polar surface area (TPSA) is 67.3 Å². The minimum absolute atomic E-state index is 0.0345. The van der Waals surface area contributed by atoms with Crippen LogP contribution in [0, 0.1) is 5.92 Å². The largest absolute Gasteiger partial charge is 0.481 e. The molecule has 132 valence electrons. The van der Waals surface area contributed by atoms with Crippen LogP contribution in [0.15, 0.2) is 36.7 Å². The van der Waals surface area contributed by atoms with Gasteiger partial charge in [-0.1, -0.05) is 11.6 Å². The van der Waals surface area contributed by atoms with Crippen molar-refractivity contribution in [1.82, 2.24) is 15.3 Å². The van der Waals surface area contributed by atoms with E-state index in [1.165, 1.54) is 0 Å². The number of carbonyl (C=O) groups is 1. The van der Waals surface area contributed by atoms with Gasteiger partial charge in [0.05, 0.1) is 12.1 Å². The fourth-order valence-corrected chi connectivity index (χ4v) is 3.04. The molecule has 2 aromatic rings. The summed E-state index contributed by atoms with van der Waals surface area (Å²) >= 11 is 5.87. The maximum absolute atomic E-state index is 12.4. The molecule has 25 heavy (non-hydrogen) atoms. The van der Waals surface area contributed by atoms with Crippen molar-refractivity contribution in [3.63, 3.8) is 0 Å². The van der Waals surface area contributed by atoms with Gasteiger partial charge in [-0.3, -0.25) is 4.79 Å². The number of methoxy groups -OCH3 is 1. The molecule has 1 amide bonds. The molecule has 0 atom stereocenters. The molecule has 1 fully saturated rings. The zero-order chi connectivity index (χ0) is 17.6. The molecule has 1 saturated heterocycles. The van der Waals surface area contributed by atoms with Crippen LogP contribution in [0.1, 0.15) is 18.4 Å². The second-order valence-corrected chi connectivity index (χ2v) is 6.46. The van der Waals surface area contributed by atoms with E-state index in [0.717, 1.165) is 37.3 Å². The molecular weight excluding hydrogens is 340 g/mol. The first kappa shape index (κ1) is 17.5. The molecule has 3 rings (SSSR count). The van der Waals surface area contributed by atoms with Gasteiger partial charge in [0.25, 0.3) is 0 Å². The molecule has 1 aliphatic heterocycles. The molecule has 1 aliphatic rings. The third-order valence-corrected chi connectivity index (χ3v) is 4.60. The van der Waals surface area contributed by atoms with E-state index in [1.54, 1.807) is 19.5 Å². The fraction of sp³-hybridized carbons (Fsp3) is 0.389. The normalized spacial score (nSPS) is 15.0. The molecule has 0 bridgehead atoms. The van der Waals surface area contributed by atoms with Crippen LogP contribution < -0.4 is 15.0 Å². The van der Waals surface area contributed by atoms with Crippen molar-refractivity contribution in [1.29, 1.82) is 0 Å². The van der Waals surface area contributed by atoms with Crippen molar-refractivity contribution in [2.24, 2.45) is 5.92 Å². The lowest BCUT2D eigenvalue weighted by Gasteiger charge is -2.32. The van der Waals surface area contributed by atoms with Crippen molar-refractivity contribution in [3.05, 3.63) is 47.2 Å². The minimum atomic E-state index is 0.0345. The average molecular weight is 361 g/mol.